The Labute approximate surface area is 177 Å². The minimum atomic E-state index is -3.02. The van der Waals surface area contributed by atoms with Crippen molar-refractivity contribution in [2.75, 3.05) is 41.8 Å². The van der Waals surface area contributed by atoms with Crippen LogP contribution in [0.4, 0.5) is 30.8 Å². The lowest BCUT2D eigenvalue weighted by Crippen LogP contribution is -2.55. The highest BCUT2D eigenvalue weighted by Gasteiger charge is 2.36. The highest BCUT2D eigenvalue weighted by atomic mass is 19.3. The zero-order valence-electron chi connectivity index (χ0n) is 16.8. The Morgan fingerprint density at radius 2 is 2.03 bits per heavy atom. The molecule has 3 atom stereocenters. The Morgan fingerprint density at radius 3 is 2.68 bits per heavy atom. The second-order valence-corrected chi connectivity index (χ2v) is 8.07. The summed E-state index contributed by atoms with van der Waals surface area (Å²) in [6, 6.07) is 3.39. The predicted octanol–water partition coefficient (Wildman–Crippen LogP) is 2.64. The number of hydrogen-bond acceptors (Lipinski definition) is 8. The van der Waals surface area contributed by atoms with E-state index in [9.17, 15) is 13.2 Å². The molecule has 6 heterocycles. The summed E-state index contributed by atoms with van der Waals surface area (Å²) in [5, 5.41) is 0. The van der Waals surface area contributed by atoms with Crippen molar-refractivity contribution in [2.45, 2.75) is 44.2 Å². The molecule has 0 aromatic carbocycles. The summed E-state index contributed by atoms with van der Waals surface area (Å²) in [5.74, 6) is 0.755. The molecular formula is C20H23F3N6O2. The van der Waals surface area contributed by atoms with Gasteiger partial charge in [-0.15, -0.1) is 0 Å². The van der Waals surface area contributed by atoms with Gasteiger partial charge in [-0.2, -0.15) is 13.8 Å². The van der Waals surface area contributed by atoms with Gasteiger partial charge in [0.25, 0.3) is 0 Å². The summed E-state index contributed by atoms with van der Waals surface area (Å²) in [4.78, 5) is 17.3. The number of piperidine rings is 1. The van der Waals surface area contributed by atoms with Crippen molar-refractivity contribution in [1.29, 1.82) is 0 Å². The third-order valence-corrected chi connectivity index (χ3v) is 5.99. The van der Waals surface area contributed by atoms with Crippen LogP contribution in [-0.4, -0.2) is 66.1 Å². The lowest BCUT2D eigenvalue weighted by Gasteiger charge is -2.45. The van der Waals surface area contributed by atoms with E-state index in [2.05, 4.69) is 19.6 Å². The fraction of sp³-hybridized carbons (Fsp3) is 0.550. The monoisotopic (exact) mass is 436 g/mol. The zero-order chi connectivity index (χ0) is 21.5. The number of rotatable bonds is 5. The Bertz CT molecular complexity index is 957. The molecule has 0 spiro atoms. The summed E-state index contributed by atoms with van der Waals surface area (Å²) in [6.07, 6.45) is 3.11. The second-order valence-electron chi connectivity index (χ2n) is 8.07. The third-order valence-electron chi connectivity index (χ3n) is 5.99. The van der Waals surface area contributed by atoms with Gasteiger partial charge in [0.1, 0.15) is 12.0 Å². The number of pyridine rings is 1. The van der Waals surface area contributed by atoms with Crippen molar-refractivity contribution in [3.8, 4) is 17.0 Å². The van der Waals surface area contributed by atoms with Gasteiger partial charge in [0.05, 0.1) is 31.0 Å². The van der Waals surface area contributed by atoms with Gasteiger partial charge in [-0.3, -0.25) is 0 Å². The normalized spacial score (nSPS) is 25.5. The molecule has 0 saturated carbocycles. The van der Waals surface area contributed by atoms with Crippen LogP contribution in [0.5, 0.6) is 5.75 Å². The largest absolute Gasteiger partial charge is 0.431 e. The van der Waals surface area contributed by atoms with Crippen LogP contribution in [-0.2, 0) is 4.74 Å². The molecule has 0 unspecified atom stereocenters. The molecule has 2 bridgehead atoms. The maximum Gasteiger partial charge on any atom is 0.387 e. The lowest BCUT2D eigenvalue weighted by atomic mass is 9.97. The van der Waals surface area contributed by atoms with E-state index in [1.807, 2.05) is 0 Å². The summed E-state index contributed by atoms with van der Waals surface area (Å²) in [7, 11) is 0. The molecule has 11 heteroatoms. The number of morpholine rings is 1. The summed E-state index contributed by atoms with van der Waals surface area (Å²) < 4.78 is 49.6. The Hall–Kier alpha value is -2.82. The van der Waals surface area contributed by atoms with Gasteiger partial charge in [-0.05, 0) is 25.3 Å². The number of nitrogens with two attached hydrogens (primary N) is 1. The predicted molar refractivity (Wildman–Crippen MR) is 108 cm³/mol. The topological polar surface area (TPSA) is 89.6 Å². The van der Waals surface area contributed by atoms with Crippen LogP contribution in [0.2, 0.25) is 0 Å². The molecule has 2 N–H and O–H groups in total. The molecule has 4 saturated heterocycles. The minimum Gasteiger partial charge on any atom is -0.431 e. The van der Waals surface area contributed by atoms with Crippen molar-refractivity contribution in [3.05, 3.63) is 18.3 Å². The number of fused-ring (bicyclic) bond motifs is 3. The number of aromatic nitrogens is 3. The number of nitrogens with zero attached hydrogens (tertiary/aromatic N) is 5. The van der Waals surface area contributed by atoms with Gasteiger partial charge in [-0.1, -0.05) is 0 Å². The number of alkyl halides is 3. The van der Waals surface area contributed by atoms with Gasteiger partial charge in [0.15, 0.2) is 11.6 Å². The summed E-state index contributed by atoms with van der Waals surface area (Å²) in [5.41, 5.74) is 6.62. The van der Waals surface area contributed by atoms with Crippen LogP contribution in [0.25, 0.3) is 11.3 Å². The highest BCUT2D eigenvalue weighted by molar-refractivity contribution is 5.68. The van der Waals surface area contributed by atoms with Crippen molar-refractivity contribution >= 4 is 17.6 Å². The number of halogens is 3. The molecule has 0 amide bonds. The lowest BCUT2D eigenvalue weighted by molar-refractivity contribution is -0.0494. The van der Waals surface area contributed by atoms with E-state index in [-0.39, 0.29) is 30.3 Å². The number of hydrogen-bond donors (Lipinski definition) is 1. The van der Waals surface area contributed by atoms with Crippen molar-refractivity contribution in [1.82, 2.24) is 15.0 Å². The fourth-order valence-electron chi connectivity index (χ4n) is 4.37. The van der Waals surface area contributed by atoms with E-state index < -0.39 is 12.8 Å². The molecular weight excluding hydrogens is 413 g/mol. The van der Waals surface area contributed by atoms with Gasteiger partial charge < -0.3 is 25.0 Å². The first-order valence-electron chi connectivity index (χ1n) is 10.3. The quantitative estimate of drug-likeness (QED) is 0.765. The van der Waals surface area contributed by atoms with E-state index in [0.29, 0.717) is 49.1 Å². The molecule has 8 nitrogen and oxygen atoms in total. The first-order chi connectivity index (χ1) is 15.0. The molecule has 31 heavy (non-hydrogen) atoms. The Morgan fingerprint density at radius 1 is 1.16 bits per heavy atom. The average Bonchev–Trinajstić information content (AvgIpc) is 3.22. The first-order valence-corrected chi connectivity index (χ1v) is 10.3. The van der Waals surface area contributed by atoms with Crippen molar-refractivity contribution in [3.63, 3.8) is 0 Å². The number of nitrogen functional groups attached to an aromatic ring is 1. The molecule has 166 valence electrons. The zero-order valence-corrected chi connectivity index (χ0v) is 16.8. The Balaban J connectivity index is 1.55. The standard InChI is InChI=1S/C20H23F3N6O2/c21-12-3-4-28(8-12)20-26-15(11-5-16(31-19(22)23)18(24)25-7-11)6-17(27-20)29-9-14-2-1-13(29)10-30-14/h5-7,12-14,19H,1-4,8-10H2,(H2,24,25)/t12-,13+,14+/m1/s1. The first kappa shape index (κ1) is 20.1. The number of ether oxygens (including phenoxy) is 2. The van der Waals surface area contributed by atoms with Crippen LogP contribution in [0.1, 0.15) is 19.3 Å². The summed E-state index contributed by atoms with van der Waals surface area (Å²) >= 11 is 0. The van der Waals surface area contributed by atoms with E-state index in [1.54, 1.807) is 11.0 Å². The molecule has 4 aliphatic heterocycles. The van der Waals surface area contributed by atoms with Crippen LogP contribution >= 0.6 is 0 Å². The average molecular weight is 436 g/mol. The van der Waals surface area contributed by atoms with E-state index in [0.717, 1.165) is 12.8 Å². The SMILES string of the molecule is Nc1ncc(-c2cc(N3C[C@@H]4CC[C@H]3CO4)nc(N3CC[C@@H](F)C3)n2)cc1OC(F)F. The van der Waals surface area contributed by atoms with Crippen LogP contribution in [0, 0.1) is 0 Å². The molecule has 0 aliphatic carbocycles. The van der Waals surface area contributed by atoms with Crippen LogP contribution in [0.3, 0.4) is 0 Å². The Kier molecular flexibility index (Phi) is 5.20. The maximum absolute atomic E-state index is 13.8. The third kappa shape index (κ3) is 4.06. The number of anilines is 3. The smallest absolute Gasteiger partial charge is 0.387 e. The highest BCUT2D eigenvalue weighted by Crippen LogP contribution is 2.35. The van der Waals surface area contributed by atoms with Crippen molar-refractivity contribution in [2.24, 2.45) is 0 Å². The fourth-order valence-corrected chi connectivity index (χ4v) is 4.37. The van der Waals surface area contributed by atoms with E-state index in [4.69, 9.17) is 15.5 Å². The molecule has 2 aromatic rings. The summed E-state index contributed by atoms with van der Waals surface area (Å²) in [6.45, 7) is -0.945. The minimum absolute atomic E-state index is 0.135. The van der Waals surface area contributed by atoms with Crippen molar-refractivity contribution < 1.29 is 22.6 Å². The second kappa shape index (κ2) is 8.03. The molecule has 0 radical (unpaired) electrons. The van der Waals surface area contributed by atoms with E-state index >= 15 is 0 Å². The molecule has 4 fully saturated rings. The van der Waals surface area contributed by atoms with Crippen LogP contribution in [0.15, 0.2) is 18.3 Å². The maximum atomic E-state index is 13.8. The van der Waals surface area contributed by atoms with Crippen LogP contribution < -0.4 is 20.3 Å². The van der Waals surface area contributed by atoms with Gasteiger partial charge in [-0.25, -0.2) is 14.4 Å². The van der Waals surface area contributed by atoms with Gasteiger partial charge in [0.2, 0.25) is 5.95 Å². The van der Waals surface area contributed by atoms with E-state index in [1.165, 1.54) is 12.3 Å². The molecule has 4 aliphatic rings. The van der Waals surface area contributed by atoms with Gasteiger partial charge in [0, 0.05) is 30.9 Å². The molecule has 6 rings (SSSR count). The molecule has 2 aromatic heterocycles. The van der Waals surface area contributed by atoms with Gasteiger partial charge >= 0.3 is 6.61 Å².